The Morgan fingerprint density at radius 2 is 1.59 bits per heavy atom. The lowest BCUT2D eigenvalue weighted by Crippen LogP contribution is -1.81. The molecule has 0 aliphatic rings. The molecule has 4 aromatic rings. The van der Waals surface area contributed by atoms with Crippen LogP contribution in [0.3, 0.4) is 0 Å². The quantitative estimate of drug-likeness (QED) is 0.605. The van der Waals surface area contributed by atoms with E-state index in [0.29, 0.717) is 22.4 Å². The van der Waals surface area contributed by atoms with Gasteiger partial charge in [0, 0.05) is 16.1 Å². The monoisotopic (exact) mass is 312 g/mol. The van der Waals surface area contributed by atoms with Gasteiger partial charge in [0.25, 0.3) is 0 Å². The number of nitrogens with two attached hydrogens (primary N) is 1. The number of fused-ring (bicyclic) bond motifs is 1. The van der Waals surface area contributed by atoms with Crippen LogP contribution in [0.2, 0.25) is 5.02 Å². The molecule has 2 heterocycles. The maximum Gasteiger partial charge on any atom is 0.313 e. The third-order valence-electron chi connectivity index (χ3n) is 3.17. The van der Waals surface area contributed by atoms with Gasteiger partial charge < -0.3 is 14.6 Å². The molecule has 2 aromatic heterocycles. The Bertz CT molecular complexity index is 959. The SMILES string of the molecule is Nc1nnc(-c2ccc(-c3nc4cc(Cl)ccc4o3)cc2)o1. The molecule has 6 nitrogen and oxygen atoms in total. The Balaban J connectivity index is 1.72. The van der Waals surface area contributed by atoms with Crippen molar-refractivity contribution in [3.05, 3.63) is 47.5 Å². The van der Waals surface area contributed by atoms with Gasteiger partial charge in [-0.05, 0) is 42.5 Å². The van der Waals surface area contributed by atoms with E-state index in [0.717, 1.165) is 16.6 Å². The summed E-state index contributed by atoms with van der Waals surface area (Å²) in [5.74, 6) is 0.891. The Morgan fingerprint density at radius 3 is 2.27 bits per heavy atom. The van der Waals surface area contributed by atoms with E-state index in [9.17, 15) is 0 Å². The van der Waals surface area contributed by atoms with Gasteiger partial charge in [-0.3, -0.25) is 0 Å². The molecule has 0 aliphatic carbocycles. The summed E-state index contributed by atoms with van der Waals surface area (Å²) in [4.78, 5) is 4.43. The Kier molecular flexibility index (Phi) is 2.83. The van der Waals surface area contributed by atoms with Crippen molar-refractivity contribution in [3.8, 4) is 22.9 Å². The number of oxazole rings is 1. The minimum Gasteiger partial charge on any atom is -0.436 e. The van der Waals surface area contributed by atoms with Crippen molar-refractivity contribution in [1.82, 2.24) is 15.2 Å². The average Bonchev–Trinajstić information content (AvgIpc) is 3.13. The highest BCUT2D eigenvalue weighted by molar-refractivity contribution is 6.31. The molecule has 0 spiro atoms. The lowest BCUT2D eigenvalue weighted by molar-refractivity contribution is 0.590. The standard InChI is InChI=1S/C15H9ClN4O2/c16-10-5-6-12-11(7-10)18-13(21-12)8-1-3-9(4-2-8)14-19-20-15(17)22-14/h1-7H,(H2,17,20). The molecule has 2 N–H and O–H groups in total. The van der Waals surface area contributed by atoms with E-state index >= 15 is 0 Å². The van der Waals surface area contributed by atoms with Gasteiger partial charge in [0.2, 0.25) is 11.8 Å². The predicted molar refractivity (Wildman–Crippen MR) is 82.2 cm³/mol. The molecule has 0 unspecified atom stereocenters. The molecule has 2 aromatic carbocycles. The van der Waals surface area contributed by atoms with Gasteiger partial charge in [0.05, 0.1) is 0 Å². The van der Waals surface area contributed by atoms with E-state index in [1.54, 1.807) is 18.2 Å². The van der Waals surface area contributed by atoms with Crippen LogP contribution < -0.4 is 5.73 Å². The molecule has 4 rings (SSSR count). The van der Waals surface area contributed by atoms with Gasteiger partial charge in [-0.2, -0.15) is 0 Å². The fourth-order valence-corrected chi connectivity index (χ4v) is 2.30. The molecule has 22 heavy (non-hydrogen) atoms. The first-order chi connectivity index (χ1) is 10.7. The van der Waals surface area contributed by atoms with Gasteiger partial charge in [-0.25, -0.2) is 4.98 Å². The molecular formula is C15H9ClN4O2. The molecule has 0 fully saturated rings. The number of anilines is 1. The minimum atomic E-state index is 0.0370. The van der Waals surface area contributed by atoms with Crippen molar-refractivity contribution in [2.75, 3.05) is 5.73 Å². The molecule has 0 amide bonds. The number of halogens is 1. The second kappa shape index (κ2) is 4.85. The maximum absolute atomic E-state index is 5.95. The highest BCUT2D eigenvalue weighted by atomic mass is 35.5. The average molecular weight is 313 g/mol. The van der Waals surface area contributed by atoms with Gasteiger partial charge in [0.1, 0.15) is 5.52 Å². The van der Waals surface area contributed by atoms with Crippen molar-refractivity contribution >= 4 is 28.7 Å². The highest BCUT2D eigenvalue weighted by Crippen LogP contribution is 2.28. The van der Waals surface area contributed by atoms with Gasteiger partial charge in [-0.1, -0.05) is 16.7 Å². The van der Waals surface area contributed by atoms with Crippen LogP contribution in [0.15, 0.2) is 51.3 Å². The van der Waals surface area contributed by atoms with Crippen molar-refractivity contribution in [2.45, 2.75) is 0 Å². The molecular weight excluding hydrogens is 304 g/mol. The van der Waals surface area contributed by atoms with Crippen molar-refractivity contribution in [1.29, 1.82) is 0 Å². The molecule has 0 atom stereocenters. The number of hydrogen-bond acceptors (Lipinski definition) is 6. The molecule has 0 aliphatic heterocycles. The van der Waals surface area contributed by atoms with Crippen molar-refractivity contribution < 1.29 is 8.83 Å². The summed E-state index contributed by atoms with van der Waals surface area (Å²) in [6.45, 7) is 0. The summed E-state index contributed by atoms with van der Waals surface area (Å²) in [5.41, 5.74) is 8.43. The number of aromatic nitrogens is 3. The number of rotatable bonds is 2. The largest absolute Gasteiger partial charge is 0.436 e. The molecule has 0 saturated carbocycles. The summed E-state index contributed by atoms with van der Waals surface area (Å²) in [6.07, 6.45) is 0. The van der Waals surface area contributed by atoms with Crippen LogP contribution >= 0.6 is 11.6 Å². The summed E-state index contributed by atoms with van der Waals surface area (Å²) in [6, 6.07) is 12.8. The van der Waals surface area contributed by atoms with Crippen LogP contribution in [0.25, 0.3) is 34.0 Å². The Hall–Kier alpha value is -2.86. The van der Waals surface area contributed by atoms with Crippen LogP contribution in [0.4, 0.5) is 6.01 Å². The summed E-state index contributed by atoms with van der Waals surface area (Å²) in [7, 11) is 0. The second-order valence-corrected chi connectivity index (χ2v) is 5.09. The van der Waals surface area contributed by atoms with Crippen LogP contribution in [-0.2, 0) is 0 Å². The lowest BCUT2D eigenvalue weighted by atomic mass is 10.1. The summed E-state index contributed by atoms with van der Waals surface area (Å²) in [5, 5.41) is 8.09. The highest BCUT2D eigenvalue weighted by Gasteiger charge is 2.10. The fraction of sp³-hybridized carbons (Fsp3) is 0. The van der Waals surface area contributed by atoms with E-state index in [1.165, 1.54) is 0 Å². The van der Waals surface area contributed by atoms with Crippen LogP contribution in [-0.4, -0.2) is 15.2 Å². The van der Waals surface area contributed by atoms with Gasteiger partial charge in [0.15, 0.2) is 5.58 Å². The lowest BCUT2D eigenvalue weighted by Gasteiger charge is -1.97. The van der Waals surface area contributed by atoms with Gasteiger partial charge >= 0.3 is 6.01 Å². The van der Waals surface area contributed by atoms with E-state index in [-0.39, 0.29) is 6.01 Å². The third-order valence-corrected chi connectivity index (χ3v) is 3.40. The normalized spacial score (nSPS) is 11.1. The van der Waals surface area contributed by atoms with Crippen molar-refractivity contribution in [3.63, 3.8) is 0 Å². The smallest absolute Gasteiger partial charge is 0.313 e. The maximum atomic E-state index is 5.95. The molecule has 108 valence electrons. The van der Waals surface area contributed by atoms with Gasteiger partial charge in [-0.15, -0.1) is 5.10 Å². The first-order valence-electron chi connectivity index (χ1n) is 6.45. The number of nitrogen functional groups attached to an aromatic ring is 1. The third kappa shape index (κ3) is 2.19. The summed E-state index contributed by atoms with van der Waals surface area (Å²) >= 11 is 5.95. The Labute approximate surface area is 129 Å². The zero-order valence-electron chi connectivity index (χ0n) is 11.2. The first-order valence-corrected chi connectivity index (χ1v) is 6.83. The number of benzene rings is 2. The fourth-order valence-electron chi connectivity index (χ4n) is 2.13. The first kappa shape index (κ1) is 12.8. The van der Waals surface area contributed by atoms with E-state index < -0.39 is 0 Å². The van der Waals surface area contributed by atoms with Crippen LogP contribution in [0.1, 0.15) is 0 Å². The van der Waals surface area contributed by atoms with E-state index in [4.69, 9.17) is 26.2 Å². The zero-order chi connectivity index (χ0) is 15.1. The van der Waals surface area contributed by atoms with Crippen LogP contribution in [0.5, 0.6) is 0 Å². The van der Waals surface area contributed by atoms with E-state index in [1.807, 2.05) is 24.3 Å². The minimum absolute atomic E-state index is 0.0370. The Morgan fingerprint density at radius 1 is 0.864 bits per heavy atom. The molecule has 0 radical (unpaired) electrons. The predicted octanol–water partition coefficient (Wildman–Crippen LogP) is 3.78. The molecule has 7 heteroatoms. The topological polar surface area (TPSA) is 91.0 Å². The van der Waals surface area contributed by atoms with Crippen LogP contribution in [0, 0.1) is 0 Å². The van der Waals surface area contributed by atoms with Crippen molar-refractivity contribution in [2.24, 2.45) is 0 Å². The number of hydrogen-bond donors (Lipinski definition) is 1. The molecule has 0 saturated heterocycles. The van der Waals surface area contributed by atoms with E-state index in [2.05, 4.69) is 15.2 Å². The number of nitrogens with zero attached hydrogens (tertiary/aromatic N) is 3. The molecule has 0 bridgehead atoms. The zero-order valence-corrected chi connectivity index (χ0v) is 11.9. The second-order valence-electron chi connectivity index (χ2n) is 4.65. The summed E-state index contributed by atoms with van der Waals surface area (Å²) < 4.78 is 10.9.